The zero-order valence-electron chi connectivity index (χ0n) is 19.5. The molecule has 0 fully saturated rings. The van der Waals surface area contributed by atoms with Crippen molar-refractivity contribution in [2.75, 3.05) is 0 Å². The van der Waals surface area contributed by atoms with E-state index in [1.807, 2.05) is 0 Å². The quantitative estimate of drug-likeness (QED) is 0.363. The molecule has 1 unspecified atom stereocenters. The van der Waals surface area contributed by atoms with Crippen molar-refractivity contribution in [3.05, 3.63) is 57.9 Å². The summed E-state index contributed by atoms with van der Waals surface area (Å²) in [6, 6.07) is 3.47. The topological polar surface area (TPSA) is 117 Å². The average molecular weight is 526 g/mol. The summed E-state index contributed by atoms with van der Waals surface area (Å²) in [5.41, 5.74) is -0.587. The van der Waals surface area contributed by atoms with Crippen LogP contribution in [0.1, 0.15) is 25.2 Å². The monoisotopic (exact) mass is 526 g/mol. The number of halogens is 5. The maximum absolute atomic E-state index is 15.7. The van der Waals surface area contributed by atoms with E-state index in [1.54, 1.807) is 6.92 Å². The lowest BCUT2D eigenvalue weighted by molar-refractivity contribution is -0.189. The molecule has 196 valence electrons. The molecule has 1 N–H and O–H groups in total. The summed E-state index contributed by atoms with van der Waals surface area (Å²) in [6.45, 7) is 3.19. The normalized spacial score (nSPS) is 12.7. The molecule has 4 aromatic rings. The number of aliphatic hydroxyl groups excluding tert-OH is 1. The van der Waals surface area contributed by atoms with Crippen LogP contribution in [0, 0.1) is 18.6 Å². The molecule has 37 heavy (non-hydrogen) atoms. The summed E-state index contributed by atoms with van der Waals surface area (Å²) < 4.78 is 81.5. The van der Waals surface area contributed by atoms with Crippen molar-refractivity contribution in [3.63, 3.8) is 0 Å². The number of alkyl halides is 3. The lowest BCUT2D eigenvalue weighted by atomic mass is 10.2. The summed E-state index contributed by atoms with van der Waals surface area (Å²) in [5.74, 6) is -3.85. The lowest BCUT2D eigenvalue weighted by Crippen LogP contribution is -2.32. The first kappa shape index (κ1) is 25.9. The summed E-state index contributed by atoms with van der Waals surface area (Å²) in [5, 5.41) is 19.9. The molecule has 4 rings (SSSR count). The van der Waals surface area contributed by atoms with Crippen LogP contribution in [0.2, 0.25) is 0 Å². The molecule has 0 amide bonds. The van der Waals surface area contributed by atoms with Gasteiger partial charge in [0.15, 0.2) is 23.6 Å². The molecule has 10 nitrogen and oxygen atoms in total. The molecule has 0 aliphatic rings. The molecule has 1 atom stereocenters. The van der Waals surface area contributed by atoms with E-state index in [-0.39, 0.29) is 18.1 Å². The number of hydrogen-bond donors (Lipinski definition) is 1. The summed E-state index contributed by atoms with van der Waals surface area (Å²) in [4.78, 5) is 16.6. The second-order valence-electron chi connectivity index (χ2n) is 7.82. The van der Waals surface area contributed by atoms with Crippen LogP contribution in [0.4, 0.5) is 22.0 Å². The van der Waals surface area contributed by atoms with Gasteiger partial charge in [0.2, 0.25) is 5.88 Å². The second kappa shape index (κ2) is 9.72. The Morgan fingerprint density at radius 1 is 1.19 bits per heavy atom. The van der Waals surface area contributed by atoms with Gasteiger partial charge < -0.3 is 14.6 Å². The van der Waals surface area contributed by atoms with Gasteiger partial charge in [-0.3, -0.25) is 4.57 Å². The molecule has 3 heterocycles. The first-order chi connectivity index (χ1) is 17.5. The zero-order valence-corrected chi connectivity index (χ0v) is 19.5. The number of ether oxygens (including phenoxy) is 2. The SMILES string of the molecule is CCn1c(CO)nn(-c2nc(OC(C)C(F)(F)F)c3c(Oc4ccc(F)cc4C)nncc3c2F)c1=O. The molecule has 0 saturated carbocycles. The summed E-state index contributed by atoms with van der Waals surface area (Å²) >= 11 is 0. The Balaban J connectivity index is 1.99. The van der Waals surface area contributed by atoms with Crippen molar-refractivity contribution in [1.29, 1.82) is 0 Å². The van der Waals surface area contributed by atoms with E-state index in [9.17, 15) is 27.5 Å². The van der Waals surface area contributed by atoms with Crippen molar-refractivity contribution in [2.45, 2.75) is 46.2 Å². The lowest BCUT2D eigenvalue weighted by Gasteiger charge is -2.19. The van der Waals surface area contributed by atoms with Gasteiger partial charge in [-0.15, -0.1) is 10.2 Å². The minimum absolute atomic E-state index is 0.0630. The molecule has 1 aromatic carbocycles. The highest BCUT2D eigenvalue weighted by molar-refractivity contribution is 5.92. The van der Waals surface area contributed by atoms with Crippen LogP contribution in [0.5, 0.6) is 17.5 Å². The van der Waals surface area contributed by atoms with E-state index in [0.717, 1.165) is 22.9 Å². The van der Waals surface area contributed by atoms with Crippen LogP contribution in [-0.2, 0) is 13.2 Å². The van der Waals surface area contributed by atoms with Gasteiger partial charge in [-0.05, 0) is 44.5 Å². The highest BCUT2D eigenvalue weighted by atomic mass is 19.4. The van der Waals surface area contributed by atoms with Crippen molar-refractivity contribution < 1.29 is 36.5 Å². The first-order valence-corrected chi connectivity index (χ1v) is 10.8. The van der Waals surface area contributed by atoms with Crippen LogP contribution in [0.15, 0.2) is 29.2 Å². The summed E-state index contributed by atoms with van der Waals surface area (Å²) in [6.07, 6.45) is -6.35. The van der Waals surface area contributed by atoms with Gasteiger partial charge in [0, 0.05) is 6.54 Å². The van der Waals surface area contributed by atoms with Gasteiger partial charge in [0.25, 0.3) is 5.88 Å². The van der Waals surface area contributed by atoms with Gasteiger partial charge in [0.05, 0.1) is 11.6 Å². The third-order valence-electron chi connectivity index (χ3n) is 5.36. The zero-order chi connectivity index (χ0) is 27.1. The van der Waals surface area contributed by atoms with E-state index in [0.29, 0.717) is 17.2 Å². The molecule has 15 heteroatoms. The van der Waals surface area contributed by atoms with Crippen LogP contribution >= 0.6 is 0 Å². The van der Waals surface area contributed by atoms with Crippen molar-refractivity contribution in [3.8, 4) is 23.3 Å². The average Bonchev–Trinajstić information content (AvgIpc) is 3.17. The van der Waals surface area contributed by atoms with E-state index < -0.39 is 64.6 Å². The maximum atomic E-state index is 15.7. The molecule has 0 bridgehead atoms. The Hall–Kier alpha value is -4.14. The number of benzene rings is 1. The van der Waals surface area contributed by atoms with Crippen molar-refractivity contribution in [1.82, 2.24) is 29.5 Å². The number of rotatable bonds is 7. The highest BCUT2D eigenvalue weighted by Gasteiger charge is 2.39. The number of nitrogens with zero attached hydrogens (tertiary/aromatic N) is 6. The third kappa shape index (κ3) is 4.81. The predicted molar refractivity (Wildman–Crippen MR) is 118 cm³/mol. The number of aliphatic hydroxyl groups is 1. The molecular formula is C22H19F5N6O4. The van der Waals surface area contributed by atoms with E-state index in [1.165, 1.54) is 13.0 Å². The molecule has 0 radical (unpaired) electrons. The van der Waals surface area contributed by atoms with Crippen LogP contribution in [0.25, 0.3) is 16.6 Å². The number of aryl methyl sites for hydroxylation is 1. The van der Waals surface area contributed by atoms with Gasteiger partial charge in [0.1, 0.15) is 23.6 Å². The Morgan fingerprint density at radius 2 is 1.92 bits per heavy atom. The number of fused-ring (bicyclic) bond motifs is 1. The molecular weight excluding hydrogens is 507 g/mol. The largest absolute Gasteiger partial charge is 0.464 e. The minimum atomic E-state index is -4.83. The molecule has 0 aliphatic heterocycles. The number of hydrogen-bond acceptors (Lipinski definition) is 8. The third-order valence-corrected chi connectivity index (χ3v) is 5.36. The predicted octanol–water partition coefficient (Wildman–Crippen LogP) is 3.59. The van der Waals surface area contributed by atoms with Gasteiger partial charge in [-0.2, -0.15) is 27.9 Å². The van der Waals surface area contributed by atoms with Gasteiger partial charge in [-0.1, -0.05) is 0 Å². The van der Waals surface area contributed by atoms with E-state index in [2.05, 4.69) is 20.3 Å². The van der Waals surface area contributed by atoms with Crippen molar-refractivity contribution >= 4 is 10.8 Å². The maximum Gasteiger partial charge on any atom is 0.425 e. The standard InChI is InChI=1S/C22H19F5N6O4/c1-4-32-15(9-34)31-33(21(32)35)18-17(24)13-8-28-30-20(37-14-6-5-12(23)7-10(14)2)16(13)19(29-18)36-11(3)22(25,26)27/h5-8,11,34H,4,9H2,1-3H3. The first-order valence-electron chi connectivity index (χ1n) is 10.8. The fraction of sp³-hybridized carbons (Fsp3) is 0.318. The van der Waals surface area contributed by atoms with Crippen LogP contribution in [-0.4, -0.2) is 46.9 Å². The molecule has 0 spiro atoms. The van der Waals surface area contributed by atoms with E-state index in [4.69, 9.17) is 9.47 Å². The summed E-state index contributed by atoms with van der Waals surface area (Å²) in [7, 11) is 0. The Labute approximate surface area is 204 Å². The van der Waals surface area contributed by atoms with E-state index >= 15 is 4.39 Å². The Morgan fingerprint density at radius 3 is 2.51 bits per heavy atom. The smallest absolute Gasteiger partial charge is 0.425 e. The van der Waals surface area contributed by atoms with Crippen LogP contribution < -0.4 is 15.2 Å². The van der Waals surface area contributed by atoms with Gasteiger partial charge in [-0.25, -0.2) is 13.6 Å². The molecule has 0 aliphatic carbocycles. The highest BCUT2D eigenvalue weighted by Crippen LogP contribution is 2.38. The Bertz CT molecular complexity index is 1530. The molecule has 0 saturated heterocycles. The minimum Gasteiger partial charge on any atom is -0.464 e. The second-order valence-corrected chi connectivity index (χ2v) is 7.82. The molecule has 3 aromatic heterocycles. The van der Waals surface area contributed by atoms with Crippen LogP contribution in [0.3, 0.4) is 0 Å². The van der Waals surface area contributed by atoms with Crippen molar-refractivity contribution in [2.24, 2.45) is 0 Å². The number of aromatic nitrogens is 6. The number of pyridine rings is 1. The Kier molecular flexibility index (Phi) is 6.82. The fourth-order valence-corrected chi connectivity index (χ4v) is 3.44. The van der Waals surface area contributed by atoms with Gasteiger partial charge >= 0.3 is 11.9 Å². The fourth-order valence-electron chi connectivity index (χ4n) is 3.44.